The predicted octanol–water partition coefficient (Wildman–Crippen LogP) is 3.53. The predicted molar refractivity (Wildman–Crippen MR) is 97.2 cm³/mol. The fourth-order valence-electron chi connectivity index (χ4n) is 3.53. The van der Waals surface area contributed by atoms with Crippen LogP contribution in [0.2, 0.25) is 0 Å². The first-order chi connectivity index (χ1) is 12.1. The maximum atomic E-state index is 12.8. The molecule has 0 bridgehead atoms. The van der Waals surface area contributed by atoms with Gasteiger partial charge in [-0.05, 0) is 43.0 Å². The summed E-state index contributed by atoms with van der Waals surface area (Å²) in [5.41, 5.74) is 1.64. The van der Waals surface area contributed by atoms with Crippen LogP contribution in [0.4, 0.5) is 0 Å². The number of hydrogen-bond donors (Lipinski definition) is 2. The highest BCUT2D eigenvalue weighted by atomic mass is 16.5. The Labute approximate surface area is 148 Å². The molecule has 1 unspecified atom stereocenters. The molecule has 0 saturated heterocycles. The zero-order valence-corrected chi connectivity index (χ0v) is 14.6. The van der Waals surface area contributed by atoms with Gasteiger partial charge < -0.3 is 15.2 Å². The second-order valence-electron chi connectivity index (χ2n) is 6.71. The van der Waals surface area contributed by atoms with Crippen molar-refractivity contribution in [3.05, 3.63) is 65.7 Å². The van der Waals surface area contributed by atoms with Gasteiger partial charge >= 0.3 is 0 Å². The smallest absolute Gasteiger partial charge is 0.261 e. The third kappa shape index (κ3) is 4.02. The van der Waals surface area contributed by atoms with E-state index in [2.05, 4.69) is 17.4 Å². The van der Waals surface area contributed by atoms with Gasteiger partial charge in [0.2, 0.25) is 0 Å². The Balaban J connectivity index is 1.71. The minimum absolute atomic E-state index is 0.0467. The number of hydrogen-bond acceptors (Lipinski definition) is 3. The topological polar surface area (TPSA) is 58.6 Å². The number of benzene rings is 2. The lowest BCUT2D eigenvalue weighted by atomic mass is 9.88. The standard InChI is InChI=1S/C21H25NO3/c1-16(25-19-11-7-8-17(14-19)15-23)20(24)22-21(12-5-6-13-21)18-9-3-2-4-10-18/h2-4,7-11,14,16,23H,5-6,12-13,15H2,1H3,(H,22,24). The van der Waals surface area contributed by atoms with Crippen molar-refractivity contribution in [2.45, 2.75) is 50.9 Å². The van der Waals surface area contributed by atoms with Crippen LogP contribution < -0.4 is 10.1 Å². The first-order valence-corrected chi connectivity index (χ1v) is 8.87. The molecule has 2 aromatic rings. The molecule has 132 valence electrons. The Morgan fingerprint density at radius 1 is 1.16 bits per heavy atom. The molecule has 1 saturated carbocycles. The van der Waals surface area contributed by atoms with Crippen molar-refractivity contribution in [3.8, 4) is 5.75 Å². The second-order valence-corrected chi connectivity index (χ2v) is 6.71. The van der Waals surface area contributed by atoms with E-state index >= 15 is 0 Å². The summed E-state index contributed by atoms with van der Waals surface area (Å²) in [6.45, 7) is 1.71. The van der Waals surface area contributed by atoms with Crippen molar-refractivity contribution >= 4 is 5.91 Å². The Bertz CT molecular complexity index is 708. The summed E-state index contributed by atoms with van der Waals surface area (Å²) in [5.74, 6) is 0.481. The van der Waals surface area contributed by atoms with Gasteiger partial charge in [-0.2, -0.15) is 0 Å². The van der Waals surface area contributed by atoms with Crippen LogP contribution in [-0.4, -0.2) is 17.1 Å². The molecular weight excluding hydrogens is 314 g/mol. The second kappa shape index (κ2) is 7.70. The van der Waals surface area contributed by atoms with Crippen LogP contribution in [0.1, 0.15) is 43.7 Å². The lowest BCUT2D eigenvalue weighted by molar-refractivity contribution is -0.129. The van der Waals surface area contributed by atoms with Gasteiger partial charge in [0, 0.05) is 0 Å². The molecule has 0 spiro atoms. The largest absolute Gasteiger partial charge is 0.481 e. The molecule has 1 aliphatic carbocycles. The van der Waals surface area contributed by atoms with Gasteiger partial charge in [0.1, 0.15) is 5.75 Å². The van der Waals surface area contributed by atoms with Crippen LogP contribution in [0.25, 0.3) is 0 Å². The van der Waals surface area contributed by atoms with Gasteiger partial charge in [0.15, 0.2) is 6.10 Å². The highest BCUT2D eigenvalue weighted by molar-refractivity contribution is 5.81. The molecule has 1 aliphatic rings. The van der Waals surface area contributed by atoms with Crippen LogP contribution in [0, 0.1) is 0 Å². The van der Waals surface area contributed by atoms with E-state index in [9.17, 15) is 9.90 Å². The van der Waals surface area contributed by atoms with E-state index in [1.165, 1.54) is 0 Å². The lowest BCUT2D eigenvalue weighted by Gasteiger charge is -2.32. The van der Waals surface area contributed by atoms with Crippen LogP contribution in [-0.2, 0) is 16.9 Å². The van der Waals surface area contributed by atoms with Crippen LogP contribution in [0.5, 0.6) is 5.75 Å². The monoisotopic (exact) mass is 339 g/mol. The van der Waals surface area contributed by atoms with E-state index < -0.39 is 6.10 Å². The van der Waals surface area contributed by atoms with E-state index in [1.807, 2.05) is 30.3 Å². The molecule has 2 N–H and O–H groups in total. The molecule has 0 aliphatic heterocycles. The van der Waals surface area contributed by atoms with E-state index in [4.69, 9.17) is 4.74 Å². The number of rotatable bonds is 6. The molecule has 1 fully saturated rings. The van der Waals surface area contributed by atoms with Crippen LogP contribution in [0.15, 0.2) is 54.6 Å². The molecule has 0 heterocycles. The van der Waals surface area contributed by atoms with Gasteiger partial charge in [-0.15, -0.1) is 0 Å². The van der Waals surface area contributed by atoms with E-state index in [-0.39, 0.29) is 18.1 Å². The van der Waals surface area contributed by atoms with Crippen LogP contribution >= 0.6 is 0 Å². The molecule has 25 heavy (non-hydrogen) atoms. The summed E-state index contributed by atoms with van der Waals surface area (Å²) < 4.78 is 5.79. The fraction of sp³-hybridized carbons (Fsp3) is 0.381. The van der Waals surface area contributed by atoms with Crippen molar-refractivity contribution in [1.82, 2.24) is 5.32 Å². The fourth-order valence-corrected chi connectivity index (χ4v) is 3.53. The van der Waals surface area contributed by atoms with Gasteiger partial charge in [-0.1, -0.05) is 55.3 Å². The first-order valence-electron chi connectivity index (χ1n) is 8.87. The molecule has 3 rings (SSSR count). The van der Waals surface area contributed by atoms with Gasteiger partial charge in [0.25, 0.3) is 5.91 Å². The minimum Gasteiger partial charge on any atom is -0.481 e. The summed E-state index contributed by atoms with van der Waals surface area (Å²) in [6, 6.07) is 17.4. The van der Waals surface area contributed by atoms with Gasteiger partial charge in [-0.25, -0.2) is 0 Å². The highest BCUT2D eigenvalue weighted by Gasteiger charge is 2.38. The summed E-state index contributed by atoms with van der Waals surface area (Å²) in [7, 11) is 0. The van der Waals surface area contributed by atoms with Gasteiger partial charge in [0.05, 0.1) is 12.1 Å². The first kappa shape index (κ1) is 17.5. The van der Waals surface area contributed by atoms with Crippen molar-refractivity contribution in [2.75, 3.05) is 0 Å². The molecule has 1 atom stereocenters. The average molecular weight is 339 g/mol. The van der Waals surface area contributed by atoms with Crippen LogP contribution in [0.3, 0.4) is 0 Å². The zero-order chi connectivity index (χ0) is 17.7. The number of aliphatic hydroxyl groups is 1. The Hall–Kier alpha value is -2.33. The zero-order valence-electron chi connectivity index (χ0n) is 14.6. The number of aliphatic hydroxyl groups excluding tert-OH is 1. The number of ether oxygens (including phenoxy) is 1. The molecule has 4 heteroatoms. The summed E-state index contributed by atoms with van der Waals surface area (Å²) >= 11 is 0. The Kier molecular flexibility index (Phi) is 5.39. The minimum atomic E-state index is -0.602. The SMILES string of the molecule is CC(Oc1cccc(CO)c1)C(=O)NC1(c2ccccc2)CCCC1. The summed E-state index contributed by atoms with van der Waals surface area (Å²) in [4.78, 5) is 12.8. The molecule has 4 nitrogen and oxygen atoms in total. The molecule has 0 aromatic heterocycles. The Morgan fingerprint density at radius 3 is 2.56 bits per heavy atom. The maximum absolute atomic E-state index is 12.8. The maximum Gasteiger partial charge on any atom is 0.261 e. The quantitative estimate of drug-likeness (QED) is 0.846. The van der Waals surface area contributed by atoms with E-state index in [1.54, 1.807) is 19.1 Å². The van der Waals surface area contributed by atoms with E-state index in [0.29, 0.717) is 5.75 Å². The summed E-state index contributed by atoms with van der Waals surface area (Å²) in [5, 5.41) is 12.5. The number of carbonyl (C=O) groups is 1. The molecule has 1 amide bonds. The Morgan fingerprint density at radius 2 is 1.88 bits per heavy atom. The summed E-state index contributed by atoms with van der Waals surface area (Å²) in [6.07, 6.45) is 3.53. The molecular formula is C21H25NO3. The number of carbonyl (C=O) groups excluding carboxylic acids is 1. The lowest BCUT2D eigenvalue weighted by Crippen LogP contribution is -2.48. The van der Waals surface area contributed by atoms with Crippen molar-refractivity contribution in [1.29, 1.82) is 0 Å². The third-order valence-electron chi connectivity index (χ3n) is 4.91. The number of amides is 1. The van der Waals surface area contributed by atoms with Crippen molar-refractivity contribution in [2.24, 2.45) is 0 Å². The third-order valence-corrected chi connectivity index (χ3v) is 4.91. The van der Waals surface area contributed by atoms with Gasteiger partial charge in [-0.3, -0.25) is 4.79 Å². The average Bonchev–Trinajstić information content (AvgIpc) is 3.12. The molecule has 0 radical (unpaired) electrons. The molecule has 2 aromatic carbocycles. The normalized spacial score (nSPS) is 17.0. The van der Waals surface area contributed by atoms with Crippen molar-refractivity contribution in [3.63, 3.8) is 0 Å². The number of nitrogens with one attached hydrogen (secondary N) is 1. The highest BCUT2D eigenvalue weighted by Crippen LogP contribution is 2.38. The van der Waals surface area contributed by atoms with E-state index in [0.717, 1.165) is 36.8 Å². The van der Waals surface area contributed by atoms with Crippen molar-refractivity contribution < 1.29 is 14.6 Å².